The number of rotatable bonds is 3. The van der Waals surface area contributed by atoms with Crippen molar-refractivity contribution in [1.82, 2.24) is 14.4 Å². The molecule has 8 rings (SSSR count). The van der Waals surface area contributed by atoms with Crippen LogP contribution in [0.3, 0.4) is 0 Å². The summed E-state index contributed by atoms with van der Waals surface area (Å²) in [5.41, 5.74) is 7.46. The van der Waals surface area contributed by atoms with E-state index in [1.54, 1.807) is 4.40 Å². The Balaban J connectivity index is 1.29. The molecule has 0 spiro atoms. The highest BCUT2D eigenvalue weighted by atomic mass is 16.4. The summed E-state index contributed by atoms with van der Waals surface area (Å²) in [5.74, 6) is 0.643. The monoisotopic (exact) mass is 505 g/mol. The van der Waals surface area contributed by atoms with Gasteiger partial charge in [0.25, 0.3) is 0 Å². The molecular weight excluding hydrogens is 486 g/mol. The van der Waals surface area contributed by atoms with E-state index < -0.39 is 5.69 Å². The smallest absolute Gasteiger partial charge is 0.373 e. The van der Waals surface area contributed by atoms with Crippen LogP contribution >= 0.6 is 0 Å². The molecule has 0 N–H and O–H groups in total. The van der Waals surface area contributed by atoms with Gasteiger partial charge in [0.05, 0.1) is 5.52 Å². The third-order valence-electron chi connectivity index (χ3n) is 7.16. The van der Waals surface area contributed by atoms with E-state index in [9.17, 15) is 4.79 Å². The van der Waals surface area contributed by atoms with E-state index in [1.807, 2.05) is 78.9 Å². The number of oxazole rings is 1. The Morgan fingerprint density at radius 3 is 2.03 bits per heavy atom. The van der Waals surface area contributed by atoms with E-state index in [2.05, 4.69) is 46.4 Å². The molecule has 5 aromatic carbocycles. The van der Waals surface area contributed by atoms with Crippen LogP contribution in [0.25, 0.3) is 72.5 Å². The summed E-state index contributed by atoms with van der Waals surface area (Å²) >= 11 is 0. The zero-order valence-corrected chi connectivity index (χ0v) is 20.5. The molecule has 8 aromatic rings. The second-order valence-electron chi connectivity index (χ2n) is 9.48. The molecule has 0 radical (unpaired) electrons. The van der Waals surface area contributed by atoms with E-state index in [0.29, 0.717) is 11.4 Å². The first-order chi connectivity index (χ1) is 19.2. The van der Waals surface area contributed by atoms with Crippen LogP contribution in [-0.2, 0) is 0 Å². The molecule has 0 unspecified atom stereocenters. The summed E-state index contributed by atoms with van der Waals surface area (Å²) in [7, 11) is 0. The van der Waals surface area contributed by atoms with Gasteiger partial charge in [-0.1, -0.05) is 84.9 Å². The standard InChI is InChI=1S/C33H19N3O3/c37-32-34-31(24-14-16-26-25-8-4-5-9-28(25)38-30(26)19-24)36-27-18-23(15-17-29(27)39-33(36)35-32)22-12-10-21(11-13-22)20-6-2-1-3-7-20/h1-19H. The Bertz CT molecular complexity index is 2240. The van der Waals surface area contributed by atoms with Crippen molar-refractivity contribution in [3.63, 3.8) is 0 Å². The zero-order chi connectivity index (χ0) is 25.9. The van der Waals surface area contributed by atoms with Gasteiger partial charge in [-0.2, -0.15) is 4.98 Å². The van der Waals surface area contributed by atoms with Crippen LogP contribution in [0, 0.1) is 0 Å². The number of nitrogens with zero attached hydrogens (tertiary/aromatic N) is 3. The molecule has 6 heteroatoms. The number of para-hydroxylation sites is 1. The Kier molecular flexibility index (Phi) is 4.57. The maximum absolute atomic E-state index is 12.5. The molecule has 0 fully saturated rings. The van der Waals surface area contributed by atoms with E-state index >= 15 is 0 Å². The Hall–Kier alpha value is -5.49. The van der Waals surface area contributed by atoms with Crippen molar-refractivity contribution in [3.05, 3.63) is 126 Å². The largest absolute Gasteiger partial charge is 0.456 e. The summed E-state index contributed by atoms with van der Waals surface area (Å²) in [4.78, 5) is 20.8. The van der Waals surface area contributed by atoms with Gasteiger partial charge in [0.2, 0.25) is 0 Å². The van der Waals surface area contributed by atoms with Crippen LogP contribution < -0.4 is 5.69 Å². The summed E-state index contributed by atoms with van der Waals surface area (Å²) in [5, 5.41) is 2.05. The van der Waals surface area contributed by atoms with Crippen molar-refractivity contribution in [2.45, 2.75) is 0 Å². The van der Waals surface area contributed by atoms with Crippen LogP contribution in [0.15, 0.2) is 129 Å². The minimum Gasteiger partial charge on any atom is -0.456 e. The van der Waals surface area contributed by atoms with Crippen molar-refractivity contribution in [2.75, 3.05) is 0 Å². The predicted octanol–water partition coefficient (Wildman–Crippen LogP) is 7.74. The Labute approximate surface area is 221 Å². The quantitative estimate of drug-likeness (QED) is 0.246. The number of fused-ring (bicyclic) bond motifs is 6. The average molecular weight is 506 g/mol. The maximum atomic E-state index is 12.5. The van der Waals surface area contributed by atoms with Gasteiger partial charge in [0.15, 0.2) is 11.4 Å². The summed E-state index contributed by atoms with van der Waals surface area (Å²) in [6.07, 6.45) is 0. The van der Waals surface area contributed by atoms with Gasteiger partial charge in [0, 0.05) is 16.3 Å². The van der Waals surface area contributed by atoms with Gasteiger partial charge in [0.1, 0.15) is 11.2 Å². The van der Waals surface area contributed by atoms with Crippen molar-refractivity contribution in [3.8, 4) is 33.6 Å². The number of benzene rings is 5. The lowest BCUT2D eigenvalue weighted by Gasteiger charge is -2.06. The lowest BCUT2D eigenvalue weighted by atomic mass is 10.0. The van der Waals surface area contributed by atoms with E-state index in [4.69, 9.17) is 8.83 Å². The minimum atomic E-state index is -0.606. The topological polar surface area (TPSA) is 73.5 Å². The Morgan fingerprint density at radius 2 is 1.18 bits per heavy atom. The molecule has 0 amide bonds. The highest BCUT2D eigenvalue weighted by Gasteiger charge is 2.17. The molecule has 184 valence electrons. The van der Waals surface area contributed by atoms with Crippen LogP contribution in [0.1, 0.15) is 0 Å². The SMILES string of the molecule is O=c1nc(-c2ccc3c(c2)oc2ccccc23)n2c(n1)oc1ccc(-c3ccc(-c4ccccc4)cc3)cc12. The van der Waals surface area contributed by atoms with Crippen molar-refractivity contribution in [2.24, 2.45) is 0 Å². The van der Waals surface area contributed by atoms with Crippen molar-refractivity contribution in [1.29, 1.82) is 0 Å². The minimum absolute atomic E-state index is 0.196. The molecule has 0 bridgehead atoms. The molecule has 0 aliphatic carbocycles. The molecule has 0 atom stereocenters. The lowest BCUT2D eigenvalue weighted by Crippen LogP contribution is -2.14. The number of hydrogen-bond acceptors (Lipinski definition) is 5. The molecule has 0 aliphatic rings. The maximum Gasteiger partial charge on any atom is 0.373 e. The summed E-state index contributed by atoms with van der Waals surface area (Å²) in [6.45, 7) is 0. The Morgan fingerprint density at radius 1 is 0.513 bits per heavy atom. The lowest BCUT2D eigenvalue weighted by molar-refractivity contribution is 0.630. The van der Waals surface area contributed by atoms with E-state index in [-0.39, 0.29) is 5.84 Å². The fraction of sp³-hybridized carbons (Fsp3) is 0. The van der Waals surface area contributed by atoms with Gasteiger partial charge in [-0.25, -0.2) is 9.20 Å². The average Bonchev–Trinajstić information content (AvgIpc) is 3.54. The number of furan rings is 1. The molecule has 6 nitrogen and oxygen atoms in total. The van der Waals surface area contributed by atoms with Crippen molar-refractivity contribution < 1.29 is 8.83 Å². The van der Waals surface area contributed by atoms with Crippen LogP contribution in [0.2, 0.25) is 0 Å². The first-order valence-electron chi connectivity index (χ1n) is 12.6. The van der Waals surface area contributed by atoms with Crippen molar-refractivity contribution >= 4 is 38.9 Å². The molecule has 0 saturated carbocycles. The molecule has 0 aliphatic heterocycles. The van der Waals surface area contributed by atoms with Gasteiger partial charge in [-0.15, -0.1) is 4.98 Å². The predicted molar refractivity (Wildman–Crippen MR) is 153 cm³/mol. The van der Waals surface area contributed by atoms with E-state index in [1.165, 1.54) is 5.56 Å². The van der Waals surface area contributed by atoms with Gasteiger partial charge >= 0.3 is 11.5 Å². The highest BCUT2D eigenvalue weighted by Crippen LogP contribution is 2.34. The first kappa shape index (κ1) is 21.6. The van der Waals surface area contributed by atoms with Gasteiger partial charge in [-0.3, -0.25) is 0 Å². The second-order valence-corrected chi connectivity index (χ2v) is 9.48. The molecule has 3 aromatic heterocycles. The second kappa shape index (κ2) is 8.26. The fourth-order valence-electron chi connectivity index (χ4n) is 5.27. The van der Waals surface area contributed by atoms with Gasteiger partial charge in [-0.05, 0) is 52.6 Å². The highest BCUT2D eigenvalue weighted by molar-refractivity contribution is 6.05. The third-order valence-corrected chi connectivity index (χ3v) is 7.16. The molecule has 0 saturated heterocycles. The molecule has 39 heavy (non-hydrogen) atoms. The zero-order valence-electron chi connectivity index (χ0n) is 20.5. The first-order valence-corrected chi connectivity index (χ1v) is 12.6. The summed E-state index contributed by atoms with van der Waals surface area (Å²) < 4.78 is 13.9. The van der Waals surface area contributed by atoms with Crippen LogP contribution in [0.5, 0.6) is 0 Å². The summed E-state index contributed by atoms with van der Waals surface area (Å²) in [6, 6.07) is 38.5. The normalized spacial score (nSPS) is 11.7. The molecular formula is C33H19N3O3. The fourth-order valence-corrected chi connectivity index (χ4v) is 5.27. The third kappa shape index (κ3) is 3.46. The van der Waals surface area contributed by atoms with Crippen LogP contribution in [-0.4, -0.2) is 14.4 Å². The number of hydrogen-bond donors (Lipinski definition) is 0. The number of aromatic nitrogens is 3. The van der Waals surface area contributed by atoms with E-state index in [0.717, 1.165) is 49.7 Å². The van der Waals surface area contributed by atoms with Gasteiger partial charge < -0.3 is 8.83 Å². The molecule has 3 heterocycles. The van der Waals surface area contributed by atoms with Crippen LogP contribution in [0.4, 0.5) is 0 Å².